The Morgan fingerprint density at radius 2 is 2.23 bits per heavy atom. The fourth-order valence-electron chi connectivity index (χ4n) is 2.45. The number of hydrogen-bond acceptors (Lipinski definition) is 5. The lowest BCUT2D eigenvalue weighted by molar-refractivity contribution is -0.114. The van der Waals surface area contributed by atoms with Crippen molar-refractivity contribution in [2.24, 2.45) is 0 Å². The number of allylic oxidation sites excluding steroid dienone is 1. The minimum absolute atomic E-state index is 0.130. The van der Waals surface area contributed by atoms with E-state index in [9.17, 15) is 4.79 Å². The highest BCUT2D eigenvalue weighted by molar-refractivity contribution is 7.21. The number of pyridine rings is 2. The molecule has 0 bridgehead atoms. The van der Waals surface area contributed by atoms with Gasteiger partial charge in [-0.1, -0.05) is 17.4 Å². The van der Waals surface area contributed by atoms with Gasteiger partial charge in [-0.3, -0.25) is 9.78 Å². The summed E-state index contributed by atoms with van der Waals surface area (Å²) in [6, 6.07) is 5.99. The molecule has 22 heavy (non-hydrogen) atoms. The Kier molecular flexibility index (Phi) is 2.97. The zero-order chi connectivity index (χ0) is 15.1. The second-order valence-electron chi connectivity index (χ2n) is 5.10. The summed E-state index contributed by atoms with van der Waals surface area (Å²) >= 11 is 1.37. The van der Waals surface area contributed by atoms with Crippen molar-refractivity contribution < 1.29 is 4.79 Å². The first-order valence-corrected chi connectivity index (χ1v) is 7.72. The van der Waals surface area contributed by atoms with Gasteiger partial charge >= 0.3 is 0 Å². The van der Waals surface area contributed by atoms with Gasteiger partial charge in [-0.25, -0.2) is 9.97 Å². The molecule has 0 unspecified atom stereocenters. The predicted molar refractivity (Wildman–Crippen MR) is 87.7 cm³/mol. The molecule has 0 saturated carbocycles. The van der Waals surface area contributed by atoms with E-state index in [1.165, 1.54) is 23.8 Å². The van der Waals surface area contributed by atoms with Crippen molar-refractivity contribution >= 4 is 38.8 Å². The molecule has 0 aromatic carbocycles. The Labute approximate surface area is 130 Å². The average Bonchev–Trinajstić information content (AvgIpc) is 3.10. The van der Waals surface area contributed by atoms with Crippen molar-refractivity contribution in [1.82, 2.24) is 15.0 Å². The summed E-state index contributed by atoms with van der Waals surface area (Å²) in [5.41, 5.74) is 4.91. The molecule has 0 spiro atoms. The fourth-order valence-corrected chi connectivity index (χ4v) is 3.34. The number of carbonyl (C=O) groups excluding carboxylic acids is 1. The maximum Gasteiger partial charge on any atom is 0.223 e. The van der Waals surface area contributed by atoms with E-state index in [0.717, 1.165) is 33.7 Å². The van der Waals surface area contributed by atoms with Crippen molar-refractivity contribution in [2.45, 2.75) is 13.3 Å². The van der Waals surface area contributed by atoms with Gasteiger partial charge in [0.1, 0.15) is 10.3 Å². The largest absolute Gasteiger partial charge is 0.302 e. The molecule has 1 aliphatic carbocycles. The van der Waals surface area contributed by atoms with Crippen LogP contribution < -0.4 is 5.32 Å². The molecule has 0 atom stereocenters. The van der Waals surface area contributed by atoms with E-state index < -0.39 is 0 Å². The van der Waals surface area contributed by atoms with Crippen molar-refractivity contribution in [2.75, 3.05) is 5.32 Å². The standard InChI is InChI=1S/C16H12N4OS/c1-9(21)18-16-20-14-6-5-13(19-15(14)22-16)11-7-10-3-2-4-12(10)17-8-11/h2,4-8H,3H2,1H3,(H,18,20,21). The van der Waals surface area contributed by atoms with Crippen LogP contribution in [0.25, 0.3) is 27.7 Å². The molecule has 1 N–H and O–H groups in total. The highest BCUT2D eigenvalue weighted by atomic mass is 32.1. The molecule has 3 aromatic heterocycles. The first kappa shape index (κ1) is 13.1. The summed E-state index contributed by atoms with van der Waals surface area (Å²) in [6.07, 6.45) is 6.92. The van der Waals surface area contributed by atoms with Crippen molar-refractivity contribution in [3.63, 3.8) is 0 Å². The number of carbonyl (C=O) groups is 1. The molecule has 1 aliphatic rings. The Bertz CT molecular complexity index is 929. The van der Waals surface area contributed by atoms with Gasteiger partial charge in [0.2, 0.25) is 5.91 Å². The predicted octanol–water partition coefficient (Wildman–Crippen LogP) is 3.28. The van der Waals surface area contributed by atoms with E-state index in [0.29, 0.717) is 5.13 Å². The first-order chi connectivity index (χ1) is 10.7. The molecule has 3 aromatic rings. The van der Waals surface area contributed by atoms with Gasteiger partial charge < -0.3 is 5.32 Å². The third kappa shape index (κ3) is 2.27. The smallest absolute Gasteiger partial charge is 0.223 e. The second kappa shape index (κ2) is 4.99. The zero-order valence-electron chi connectivity index (χ0n) is 11.8. The third-order valence-electron chi connectivity index (χ3n) is 3.45. The lowest BCUT2D eigenvalue weighted by Gasteiger charge is -2.03. The van der Waals surface area contributed by atoms with Crippen LogP contribution in [0.4, 0.5) is 5.13 Å². The molecular weight excluding hydrogens is 296 g/mol. The van der Waals surface area contributed by atoms with Gasteiger partial charge in [-0.05, 0) is 36.3 Å². The number of hydrogen-bond donors (Lipinski definition) is 1. The van der Waals surface area contributed by atoms with E-state index in [2.05, 4.69) is 32.4 Å². The molecule has 1 amide bonds. The van der Waals surface area contributed by atoms with Gasteiger partial charge in [-0.15, -0.1) is 0 Å². The fraction of sp³-hybridized carbons (Fsp3) is 0.125. The SMILES string of the molecule is CC(=O)Nc1nc2ccc(-c3cnc4c(c3)CC=C4)nc2s1. The Morgan fingerprint density at radius 3 is 3.09 bits per heavy atom. The summed E-state index contributed by atoms with van der Waals surface area (Å²) < 4.78 is 0. The number of anilines is 1. The number of thiazole rings is 1. The summed E-state index contributed by atoms with van der Waals surface area (Å²) in [4.78, 5) is 25.4. The Hall–Kier alpha value is -2.60. The zero-order valence-corrected chi connectivity index (χ0v) is 12.6. The number of nitrogens with one attached hydrogen (secondary N) is 1. The number of fused-ring (bicyclic) bond motifs is 2. The van der Waals surface area contributed by atoms with Crippen LogP contribution in [0, 0.1) is 0 Å². The quantitative estimate of drug-likeness (QED) is 0.789. The molecule has 3 heterocycles. The van der Waals surface area contributed by atoms with Crippen molar-refractivity contribution in [3.8, 4) is 11.3 Å². The maximum absolute atomic E-state index is 11.1. The lowest BCUT2D eigenvalue weighted by atomic mass is 10.1. The van der Waals surface area contributed by atoms with Crippen molar-refractivity contribution in [1.29, 1.82) is 0 Å². The van der Waals surface area contributed by atoms with Crippen molar-refractivity contribution in [3.05, 3.63) is 41.7 Å². The average molecular weight is 308 g/mol. The van der Waals surface area contributed by atoms with E-state index in [4.69, 9.17) is 0 Å². The second-order valence-corrected chi connectivity index (χ2v) is 6.07. The van der Waals surface area contributed by atoms with Crippen LogP contribution in [0.5, 0.6) is 0 Å². The van der Waals surface area contributed by atoms with Gasteiger partial charge in [-0.2, -0.15) is 0 Å². The molecule has 0 aliphatic heterocycles. The van der Waals surface area contributed by atoms with E-state index in [1.807, 2.05) is 24.4 Å². The highest BCUT2D eigenvalue weighted by Crippen LogP contribution is 2.29. The Morgan fingerprint density at radius 1 is 1.32 bits per heavy atom. The molecule has 0 saturated heterocycles. The van der Waals surface area contributed by atoms with Crippen LogP contribution in [-0.4, -0.2) is 20.9 Å². The topological polar surface area (TPSA) is 67.8 Å². The molecule has 0 fully saturated rings. The van der Waals surface area contributed by atoms with E-state index >= 15 is 0 Å². The molecule has 5 nitrogen and oxygen atoms in total. The molecule has 6 heteroatoms. The normalized spacial score (nSPS) is 12.6. The van der Waals surface area contributed by atoms with Crippen LogP contribution in [0.15, 0.2) is 30.5 Å². The van der Waals surface area contributed by atoms with Crippen LogP contribution in [0.3, 0.4) is 0 Å². The number of nitrogens with zero attached hydrogens (tertiary/aromatic N) is 3. The molecular formula is C16H12N4OS. The number of aromatic nitrogens is 3. The summed E-state index contributed by atoms with van der Waals surface area (Å²) in [5.74, 6) is -0.130. The van der Waals surface area contributed by atoms with Gasteiger partial charge in [0.05, 0.1) is 11.4 Å². The maximum atomic E-state index is 11.1. The first-order valence-electron chi connectivity index (χ1n) is 6.90. The van der Waals surface area contributed by atoms with Gasteiger partial charge in [0, 0.05) is 18.7 Å². The third-order valence-corrected chi connectivity index (χ3v) is 4.33. The summed E-state index contributed by atoms with van der Waals surface area (Å²) in [7, 11) is 0. The highest BCUT2D eigenvalue weighted by Gasteiger charge is 2.11. The summed E-state index contributed by atoms with van der Waals surface area (Å²) in [6.45, 7) is 1.47. The minimum atomic E-state index is -0.130. The number of amides is 1. The van der Waals surface area contributed by atoms with Crippen LogP contribution >= 0.6 is 11.3 Å². The molecule has 108 valence electrons. The monoisotopic (exact) mass is 308 g/mol. The summed E-state index contributed by atoms with van der Waals surface area (Å²) in [5, 5.41) is 3.27. The number of rotatable bonds is 2. The molecule has 4 rings (SSSR count). The Balaban J connectivity index is 1.74. The minimum Gasteiger partial charge on any atom is -0.302 e. The van der Waals surface area contributed by atoms with Crippen LogP contribution in [0.1, 0.15) is 18.2 Å². The van der Waals surface area contributed by atoms with E-state index in [-0.39, 0.29) is 5.91 Å². The van der Waals surface area contributed by atoms with E-state index in [1.54, 1.807) is 0 Å². The lowest BCUT2D eigenvalue weighted by Crippen LogP contribution is -2.04. The van der Waals surface area contributed by atoms with Crippen LogP contribution in [-0.2, 0) is 11.2 Å². The van der Waals surface area contributed by atoms with Gasteiger partial charge in [0.15, 0.2) is 5.13 Å². The molecule has 0 radical (unpaired) electrons. The van der Waals surface area contributed by atoms with Gasteiger partial charge in [0.25, 0.3) is 0 Å². The van der Waals surface area contributed by atoms with Crippen LogP contribution in [0.2, 0.25) is 0 Å².